The number of carbonyl (C=O) groups is 3. The van der Waals surface area contributed by atoms with Crippen LogP contribution in [-0.4, -0.2) is 44.6 Å². The molecule has 174 valence electrons. The van der Waals surface area contributed by atoms with Gasteiger partial charge in [-0.2, -0.15) is 5.10 Å². The Morgan fingerprint density at radius 2 is 1.94 bits per heavy atom. The van der Waals surface area contributed by atoms with Crippen LogP contribution in [0.5, 0.6) is 0 Å². The van der Waals surface area contributed by atoms with Crippen molar-refractivity contribution in [3.05, 3.63) is 59.3 Å². The predicted molar refractivity (Wildman–Crippen MR) is 131 cm³/mol. The number of aliphatic imine (C=N–C) groups is 1. The minimum atomic E-state index is -0.491. The molecule has 1 aromatic carbocycles. The third kappa shape index (κ3) is 4.44. The van der Waals surface area contributed by atoms with E-state index >= 15 is 0 Å². The number of nitrogens with one attached hydrogen (secondary N) is 1. The summed E-state index contributed by atoms with van der Waals surface area (Å²) in [6.45, 7) is 9.28. The van der Waals surface area contributed by atoms with Gasteiger partial charge in [0.15, 0.2) is 11.4 Å². The fourth-order valence-electron chi connectivity index (χ4n) is 4.08. The molecule has 1 atom stereocenters. The highest BCUT2D eigenvalue weighted by Crippen LogP contribution is 2.27. The van der Waals surface area contributed by atoms with Crippen LogP contribution in [-0.2, 0) is 4.79 Å². The molecule has 3 aromatic rings. The van der Waals surface area contributed by atoms with Crippen LogP contribution in [0.1, 0.15) is 61.4 Å². The molecule has 2 aromatic heterocycles. The van der Waals surface area contributed by atoms with Gasteiger partial charge >= 0.3 is 0 Å². The molecular weight excluding hydrogens is 430 g/mol. The highest BCUT2D eigenvalue weighted by Gasteiger charge is 2.25. The van der Waals surface area contributed by atoms with E-state index in [1.54, 1.807) is 42.1 Å². The summed E-state index contributed by atoms with van der Waals surface area (Å²) in [6.07, 6.45) is 3.49. The average molecular weight is 458 g/mol. The molecular formula is C26H27N5O3. The zero-order chi connectivity index (χ0) is 24.6. The second-order valence-corrected chi connectivity index (χ2v) is 8.85. The third-order valence-electron chi connectivity index (χ3n) is 5.90. The van der Waals surface area contributed by atoms with Crippen molar-refractivity contribution >= 4 is 34.3 Å². The number of pyridine rings is 1. The van der Waals surface area contributed by atoms with E-state index in [9.17, 15) is 14.4 Å². The Kier molecular flexibility index (Phi) is 6.24. The molecule has 3 heterocycles. The lowest BCUT2D eigenvalue weighted by Gasteiger charge is -2.19. The molecule has 1 aliphatic heterocycles. The number of fused-ring (bicyclic) bond motifs is 1. The first-order valence-corrected chi connectivity index (χ1v) is 11.2. The van der Waals surface area contributed by atoms with E-state index < -0.39 is 5.92 Å². The summed E-state index contributed by atoms with van der Waals surface area (Å²) in [5, 5.41) is 7.95. The summed E-state index contributed by atoms with van der Waals surface area (Å²) < 4.78 is 1.76. The molecule has 8 heteroatoms. The van der Waals surface area contributed by atoms with Crippen LogP contribution < -0.4 is 5.32 Å². The average Bonchev–Trinajstić information content (AvgIpc) is 3.22. The zero-order valence-corrected chi connectivity index (χ0v) is 19.9. The summed E-state index contributed by atoms with van der Waals surface area (Å²) in [5.41, 5.74) is 4.38. The number of rotatable bonds is 6. The Labute approximate surface area is 197 Å². The quantitative estimate of drug-likeness (QED) is 0.559. The SMILES string of the molecule is CC(=O)c1cccc(-c2cc(C(=O)NCC3C(=O)N=C(C)C=C3C)c3cnn(C(C)C)c3n2)c1. The molecule has 0 saturated carbocycles. The molecule has 4 rings (SSSR count). The Bertz CT molecular complexity index is 1380. The molecule has 2 amide bonds. The summed E-state index contributed by atoms with van der Waals surface area (Å²) >= 11 is 0. The van der Waals surface area contributed by atoms with Crippen LogP contribution in [0.4, 0.5) is 0 Å². The number of ketones is 1. The van der Waals surface area contributed by atoms with Crippen molar-refractivity contribution in [2.75, 3.05) is 6.54 Å². The maximum absolute atomic E-state index is 13.3. The lowest BCUT2D eigenvalue weighted by molar-refractivity contribution is -0.120. The highest BCUT2D eigenvalue weighted by molar-refractivity contribution is 6.08. The highest BCUT2D eigenvalue weighted by atomic mass is 16.2. The molecule has 1 N–H and O–H groups in total. The molecule has 1 unspecified atom stereocenters. The van der Waals surface area contributed by atoms with Gasteiger partial charge in [0, 0.05) is 29.4 Å². The summed E-state index contributed by atoms with van der Waals surface area (Å²) in [4.78, 5) is 46.4. The maximum atomic E-state index is 13.3. The standard InChI is InChI=1S/C26H27N5O3/c1-14(2)31-24-22(13-28-31)20(11-23(30-24)19-8-6-7-18(10-19)17(5)32)25(33)27-12-21-15(3)9-16(4)29-26(21)34/h6-11,13-14,21H,12H2,1-5H3,(H,27,33). The van der Waals surface area contributed by atoms with Crippen molar-refractivity contribution in [1.82, 2.24) is 20.1 Å². The predicted octanol–water partition coefficient (Wildman–Crippen LogP) is 4.18. The van der Waals surface area contributed by atoms with Crippen LogP contribution >= 0.6 is 0 Å². The van der Waals surface area contributed by atoms with Gasteiger partial charge in [0.05, 0.1) is 28.8 Å². The Hall–Kier alpha value is -3.94. The molecule has 8 nitrogen and oxygen atoms in total. The first kappa shape index (κ1) is 23.2. The van der Waals surface area contributed by atoms with Gasteiger partial charge in [-0.05, 0) is 52.8 Å². The second-order valence-electron chi connectivity index (χ2n) is 8.85. The van der Waals surface area contributed by atoms with E-state index in [1.165, 1.54) is 6.92 Å². The second kappa shape index (κ2) is 9.13. The first-order chi connectivity index (χ1) is 16.2. The van der Waals surface area contributed by atoms with Crippen molar-refractivity contribution in [3.63, 3.8) is 0 Å². The maximum Gasteiger partial charge on any atom is 0.254 e. The minimum absolute atomic E-state index is 0.0356. The zero-order valence-electron chi connectivity index (χ0n) is 19.9. The Morgan fingerprint density at radius 3 is 2.62 bits per heavy atom. The Morgan fingerprint density at radius 1 is 1.18 bits per heavy atom. The number of nitrogens with zero attached hydrogens (tertiary/aromatic N) is 4. The molecule has 0 saturated heterocycles. The summed E-state index contributed by atoms with van der Waals surface area (Å²) in [5.74, 6) is -1.12. The number of amides is 2. The summed E-state index contributed by atoms with van der Waals surface area (Å²) in [7, 11) is 0. The summed E-state index contributed by atoms with van der Waals surface area (Å²) in [6, 6.07) is 8.91. The van der Waals surface area contributed by atoms with Gasteiger partial charge in [-0.25, -0.2) is 14.7 Å². The third-order valence-corrected chi connectivity index (χ3v) is 5.90. The molecule has 0 spiro atoms. The van der Waals surface area contributed by atoms with Crippen LogP contribution in [0.3, 0.4) is 0 Å². The number of aromatic nitrogens is 3. The fraction of sp³-hybridized carbons (Fsp3) is 0.308. The van der Waals surface area contributed by atoms with Gasteiger partial charge in [-0.15, -0.1) is 0 Å². The lowest BCUT2D eigenvalue weighted by atomic mass is 9.95. The first-order valence-electron chi connectivity index (χ1n) is 11.2. The van der Waals surface area contributed by atoms with Gasteiger partial charge in [-0.3, -0.25) is 14.4 Å². The molecule has 0 fully saturated rings. The van der Waals surface area contributed by atoms with Crippen molar-refractivity contribution in [3.8, 4) is 11.3 Å². The largest absolute Gasteiger partial charge is 0.351 e. The van der Waals surface area contributed by atoms with Gasteiger partial charge in [0.25, 0.3) is 11.8 Å². The van der Waals surface area contributed by atoms with Gasteiger partial charge in [0.2, 0.25) is 0 Å². The molecule has 1 aliphatic rings. The van der Waals surface area contributed by atoms with Crippen molar-refractivity contribution in [1.29, 1.82) is 0 Å². The molecule has 34 heavy (non-hydrogen) atoms. The van der Waals surface area contributed by atoms with Crippen molar-refractivity contribution < 1.29 is 14.4 Å². The topological polar surface area (TPSA) is 106 Å². The monoisotopic (exact) mass is 457 g/mol. The van der Waals surface area contributed by atoms with E-state index in [1.807, 2.05) is 32.9 Å². The van der Waals surface area contributed by atoms with E-state index in [-0.39, 0.29) is 30.2 Å². The number of dihydropyridines is 1. The number of allylic oxidation sites excluding steroid dienone is 1. The van der Waals surface area contributed by atoms with Gasteiger partial charge < -0.3 is 5.32 Å². The van der Waals surface area contributed by atoms with E-state index in [4.69, 9.17) is 4.98 Å². The van der Waals surface area contributed by atoms with Crippen molar-refractivity contribution in [2.45, 2.75) is 40.7 Å². The smallest absolute Gasteiger partial charge is 0.254 e. The number of Topliss-reactive ketones (excluding diaryl/α,β-unsaturated/α-hetero) is 1. The fourth-order valence-corrected chi connectivity index (χ4v) is 4.08. The van der Waals surface area contributed by atoms with Gasteiger partial charge in [-0.1, -0.05) is 23.8 Å². The molecule has 0 radical (unpaired) electrons. The van der Waals surface area contributed by atoms with Crippen LogP contribution in [0.2, 0.25) is 0 Å². The number of carbonyl (C=O) groups excluding carboxylic acids is 3. The van der Waals surface area contributed by atoms with Crippen LogP contribution in [0.15, 0.2) is 53.2 Å². The normalized spacial score (nSPS) is 15.9. The number of hydrogen-bond donors (Lipinski definition) is 1. The minimum Gasteiger partial charge on any atom is -0.351 e. The van der Waals surface area contributed by atoms with Crippen LogP contribution in [0.25, 0.3) is 22.3 Å². The Balaban J connectivity index is 1.74. The van der Waals surface area contributed by atoms with Crippen LogP contribution in [0, 0.1) is 5.92 Å². The molecule has 0 bridgehead atoms. The number of hydrogen-bond acceptors (Lipinski definition) is 5. The van der Waals surface area contributed by atoms with E-state index in [0.29, 0.717) is 33.6 Å². The lowest BCUT2D eigenvalue weighted by Crippen LogP contribution is -2.34. The van der Waals surface area contributed by atoms with E-state index in [0.717, 1.165) is 11.1 Å². The number of benzene rings is 1. The van der Waals surface area contributed by atoms with Gasteiger partial charge in [0.1, 0.15) is 0 Å². The van der Waals surface area contributed by atoms with Crippen molar-refractivity contribution in [2.24, 2.45) is 10.9 Å². The molecule has 0 aliphatic carbocycles. The van der Waals surface area contributed by atoms with E-state index in [2.05, 4.69) is 15.4 Å².